The maximum absolute atomic E-state index is 5.40. The molecule has 4 unspecified atom stereocenters. The minimum absolute atomic E-state index is 0.363. The van der Waals surface area contributed by atoms with Crippen molar-refractivity contribution in [2.75, 3.05) is 67.8 Å². The number of nitrogens with zero attached hydrogens (tertiary/aromatic N) is 2. The van der Waals surface area contributed by atoms with Crippen LogP contribution in [0.25, 0.3) is 0 Å². The number of rotatable bonds is 8. The van der Waals surface area contributed by atoms with Crippen LogP contribution in [0.2, 0.25) is 0 Å². The van der Waals surface area contributed by atoms with Gasteiger partial charge in [-0.15, -0.1) is 0 Å². The molecule has 0 spiro atoms. The van der Waals surface area contributed by atoms with Crippen molar-refractivity contribution in [3.63, 3.8) is 0 Å². The topological polar surface area (TPSA) is 43.4 Å². The lowest BCUT2D eigenvalue weighted by Crippen LogP contribution is -2.37. The summed E-state index contributed by atoms with van der Waals surface area (Å²) < 4.78 is 21.4. The third kappa shape index (κ3) is 6.94. The lowest BCUT2D eigenvalue weighted by Gasteiger charge is -2.23. The van der Waals surface area contributed by atoms with Crippen LogP contribution in [0.4, 0.5) is 0 Å². The van der Waals surface area contributed by atoms with Crippen molar-refractivity contribution in [2.45, 2.75) is 51.0 Å². The van der Waals surface area contributed by atoms with Gasteiger partial charge in [0, 0.05) is 46.6 Å². The molecule has 0 amide bonds. The average Bonchev–Trinajstić information content (AvgIpc) is 3.13. The summed E-state index contributed by atoms with van der Waals surface area (Å²) in [4.78, 5) is 4.62. The first-order valence-corrected chi connectivity index (χ1v) is 9.18. The zero-order chi connectivity index (χ0) is 17.9. The van der Waals surface area contributed by atoms with Crippen LogP contribution >= 0.6 is 0 Å². The SMILES string of the molecule is CCOCC1C(OC)CCN1C.CCOCC1CC(OC)CN1C. The average molecular weight is 347 g/mol. The first kappa shape index (κ1) is 21.8. The summed E-state index contributed by atoms with van der Waals surface area (Å²) in [7, 11) is 7.82. The minimum Gasteiger partial charge on any atom is -0.380 e. The summed E-state index contributed by atoms with van der Waals surface area (Å²) in [6, 6.07) is 1.00. The zero-order valence-electron chi connectivity index (χ0n) is 16.5. The van der Waals surface area contributed by atoms with Crippen molar-refractivity contribution >= 4 is 0 Å². The molecule has 0 aliphatic carbocycles. The minimum atomic E-state index is 0.363. The fourth-order valence-electron chi connectivity index (χ4n) is 3.37. The van der Waals surface area contributed by atoms with Crippen molar-refractivity contribution in [2.24, 2.45) is 0 Å². The lowest BCUT2D eigenvalue weighted by atomic mass is 10.2. The molecular formula is C18H38N2O4. The smallest absolute Gasteiger partial charge is 0.0761 e. The van der Waals surface area contributed by atoms with Gasteiger partial charge in [-0.1, -0.05) is 0 Å². The molecule has 2 fully saturated rings. The monoisotopic (exact) mass is 346 g/mol. The van der Waals surface area contributed by atoms with Crippen LogP contribution in [0.15, 0.2) is 0 Å². The molecule has 2 saturated heterocycles. The number of likely N-dealkylation sites (N-methyl/N-ethyl adjacent to an activating group) is 2. The Morgan fingerprint density at radius 1 is 0.917 bits per heavy atom. The van der Waals surface area contributed by atoms with E-state index in [2.05, 4.69) is 23.9 Å². The summed E-state index contributed by atoms with van der Waals surface area (Å²) in [5, 5.41) is 0. The molecule has 0 bridgehead atoms. The molecule has 0 saturated carbocycles. The first-order valence-electron chi connectivity index (χ1n) is 9.18. The van der Waals surface area contributed by atoms with Crippen molar-refractivity contribution in [1.29, 1.82) is 0 Å². The molecule has 144 valence electrons. The van der Waals surface area contributed by atoms with Gasteiger partial charge in [-0.2, -0.15) is 0 Å². The van der Waals surface area contributed by atoms with Crippen molar-refractivity contribution in [3.05, 3.63) is 0 Å². The van der Waals surface area contributed by atoms with Gasteiger partial charge >= 0.3 is 0 Å². The second-order valence-electron chi connectivity index (χ2n) is 6.62. The van der Waals surface area contributed by atoms with Crippen molar-refractivity contribution in [1.82, 2.24) is 9.80 Å². The fraction of sp³-hybridized carbons (Fsp3) is 1.00. The van der Waals surface area contributed by atoms with Gasteiger partial charge in [-0.3, -0.25) is 9.80 Å². The van der Waals surface area contributed by atoms with Crippen LogP contribution in [0.1, 0.15) is 26.7 Å². The summed E-state index contributed by atoms with van der Waals surface area (Å²) in [5.74, 6) is 0. The molecule has 6 heteroatoms. The summed E-state index contributed by atoms with van der Waals surface area (Å²) in [5.41, 5.74) is 0. The number of ether oxygens (including phenoxy) is 4. The first-order chi connectivity index (χ1) is 11.6. The highest BCUT2D eigenvalue weighted by Gasteiger charge is 2.31. The highest BCUT2D eigenvalue weighted by atomic mass is 16.5. The van der Waals surface area contributed by atoms with Crippen molar-refractivity contribution in [3.8, 4) is 0 Å². The normalized spacial score (nSPS) is 31.2. The molecule has 0 aromatic carbocycles. The molecule has 0 radical (unpaired) electrons. The van der Waals surface area contributed by atoms with E-state index >= 15 is 0 Å². The third-order valence-electron chi connectivity index (χ3n) is 5.05. The lowest BCUT2D eigenvalue weighted by molar-refractivity contribution is 0.0193. The predicted octanol–water partition coefficient (Wildman–Crippen LogP) is 1.48. The molecular weight excluding hydrogens is 308 g/mol. The van der Waals surface area contributed by atoms with E-state index in [0.717, 1.165) is 52.4 Å². The van der Waals surface area contributed by atoms with Gasteiger partial charge in [0.15, 0.2) is 0 Å². The van der Waals surface area contributed by atoms with E-state index in [0.29, 0.717) is 24.3 Å². The standard InChI is InChI=1S/2C9H19NO2/c1-4-12-7-8-5-9(11-3)6-10(8)2;1-4-12-7-8-9(11-3)5-6-10(8)2/h2*8-9H,4-7H2,1-3H3. The van der Waals surface area contributed by atoms with Crippen LogP contribution in [0, 0.1) is 0 Å². The van der Waals surface area contributed by atoms with E-state index in [1.165, 1.54) is 0 Å². The number of methoxy groups -OCH3 is 2. The van der Waals surface area contributed by atoms with Crippen LogP contribution in [-0.2, 0) is 18.9 Å². The second-order valence-corrected chi connectivity index (χ2v) is 6.62. The molecule has 2 aliphatic heterocycles. The fourth-order valence-corrected chi connectivity index (χ4v) is 3.37. The Morgan fingerprint density at radius 3 is 2.12 bits per heavy atom. The molecule has 0 aromatic rings. The van der Waals surface area contributed by atoms with E-state index in [4.69, 9.17) is 18.9 Å². The number of hydrogen-bond donors (Lipinski definition) is 0. The van der Waals surface area contributed by atoms with Crippen LogP contribution in [-0.4, -0.2) is 102 Å². The largest absolute Gasteiger partial charge is 0.380 e. The van der Waals surface area contributed by atoms with Crippen LogP contribution in [0.5, 0.6) is 0 Å². The van der Waals surface area contributed by atoms with Gasteiger partial charge < -0.3 is 18.9 Å². The Morgan fingerprint density at radius 2 is 1.58 bits per heavy atom. The van der Waals surface area contributed by atoms with E-state index in [1.807, 2.05) is 13.8 Å². The molecule has 4 atom stereocenters. The Kier molecular flexibility index (Phi) is 11.1. The van der Waals surface area contributed by atoms with Gasteiger partial charge in [0.2, 0.25) is 0 Å². The molecule has 0 aromatic heterocycles. The van der Waals surface area contributed by atoms with Gasteiger partial charge in [0.05, 0.1) is 31.5 Å². The third-order valence-corrected chi connectivity index (χ3v) is 5.05. The maximum Gasteiger partial charge on any atom is 0.0761 e. The van der Waals surface area contributed by atoms with Gasteiger partial charge in [-0.25, -0.2) is 0 Å². The van der Waals surface area contributed by atoms with Gasteiger partial charge in [-0.05, 0) is 40.8 Å². The van der Waals surface area contributed by atoms with E-state index in [1.54, 1.807) is 14.2 Å². The molecule has 0 N–H and O–H groups in total. The number of likely N-dealkylation sites (tertiary alicyclic amines) is 2. The summed E-state index contributed by atoms with van der Waals surface area (Å²) in [6.45, 7) is 9.45. The molecule has 2 aliphatic rings. The highest BCUT2D eigenvalue weighted by molar-refractivity contribution is 4.85. The van der Waals surface area contributed by atoms with E-state index in [-0.39, 0.29) is 0 Å². The number of hydrogen-bond acceptors (Lipinski definition) is 6. The Balaban J connectivity index is 0.000000240. The predicted molar refractivity (Wildman–Crippen MR) is 96.7 cm³/mol. The molecule has 24 heavy (non-hydrogen) atoms. The quantitative estimate of drug-likeness (QED) is 0.663. The zero-order valence-corrected chi connectivity index (χ0v) is 16.5. The molecule has 6 nitrogen and oxygen atoms in total. The van der Waals surface area contributed by atoms with Crippen LogP contribution in [0.3, 0.4) is 0 Å². The summed E-state index contributed by atoms with van der Waals surface area (Å²) in [6.07, 6.45) is 3.00. The van der Waals surface area contributed by atoms with Crippen molar-refractivity contribution < 1.29 is 18.9 Å². The Hall–Kier alpha value is -0.240. The molecule has 2 heterocycles. The van der Waals surface area contributed by atoms with Gasteiger partial charge in [0.25, 0.3) is 0 Å². The molecule has 2 rings (SSSR count). The van der Waals surface area contributed by atoms with E-state index < -0.39 is 0 Å². The Labute approximate surface area is 148 Å². The summed E-state index contributed by atoms with van der Waals surface area (Å²) >= 11 is 0. The maximum atomic E-state index is 5.40. The second kappa shape index (κ2) is 12.2. The van der Waals surface area contributed by atoms with E-state index in [9.17, 15) is 0 Å². The Bertz CT molecular complexity index is 319. The van der Waals surface area contributed by atoms with Crippen LogP contribution < -0.4 is 0 Å². The van der Waals surface area contributed by atoms with Gasteiger partial charge in [0.1, 0.15) is 0 Å². The highest BCUT2D eigenvalue weighted by Crippen LogP contribution is 2.19.